The molecule has 62 valence electrons. The summed E-state index contributed by atoms with van der Waals surface area (Å²) in [4.78, 5) is 22.3. The van der Waals surface area contributed by atoms with Crippen molar-refractivity contribution in [1.29, 1.82) is 0 Å². The maximum absolute atomic E-state index is 11.3. The van der Waals surface area contributed by atoms with Crippen molar-refractivity contribution in [3.05, 3.63) is 0 Å². The Labute approximate surface area is 67.0 Å². The van der Waals surface area contributed by atoms with Gasteiger partial charge in [-0.15, -0.1) is 0 Å². The van der Waals surface area contributed by atoms with E-state index in [-0.39, 0.29) is 29.3 Å². The monoisotopic (exact) mass is 154 g/mol. The standard InChI is InChI=1S/C9H14O2/c1-6-4-7(10)5-8(11)9(6,2)3/h6H,4-5H2,1-3H3/t6-/m0/s1. The van der Waals surface area contributed by atoms with Crippen LogP contribution in [-0.2, 0) is 9.59 Å². The number of carbonyl (C=O) groups excluding carboxylic acids is 2. The lowest BCUT2D eigenvalue weighted by Crippen LogP contribution is -2.38. The molecule has 0 aromatic heterocycles. The van der Waals surface area contributed by atoms with Crippen LogP contribution in [0.4, 0.5) is 0 Å². The van der Waals surface area contributed by atoms with E-state index < -0.39 is 0 Å². The maximum Gasteiger partial charge on any atom is 0.146 e. The molecule has 0 aromatic carbocycles. The van der Waals surface area contributed by atoms with Crippen molar-refractivity contribution in [1.82, 2.24) is 0 Å². The SMILES string of the molecule is C[C@H]1CC(=O)CC(=O)C1(C)C. The van der Waals surface area contributed by atoms with E-state index in [1.807, 2.05) is 20.8 Å². The third-order valence-corrected chi connectivity index (χ3v) is 2.84. The minimum Gasteiger partial charge on any atom is -0.299 e. The van der Waals surface area contributed by atoms with Crippen molar-refractivity contribution in [2.75, 3.05) is 0 Å². The summed E-state index contributed by atoms with van der Waals surface area (Å²) in [5.41, 5.74) is -0.284. The van der Waals surface area contributed by atoms with E-state index in [1.165, 1.54) is 0 Å². The summed E-state index contributed by atoms with van der Waals surface area (Å²) in [6, 6.07) is 0. The molecule has 0 spiro atoms. The molecule has 0 amide bonds. The maximum atomic E-state index is 11.3. The van der Waals surface area contributed by atoms with Crippen LogP contribution in [0.15, 0.2) is 0 Å². The smallest absolute Gasteiger partial charge is 0.146 e. The van der Waals surface area contributed by atoms with Crippen molar-refractivity contribution in [2.24, 2.45) is 11.3 Å². The number of carbonyl (C=O) groups is 2. The molecule has 0 aliphatic heterocycles. The average Bonchev–Trinajstić information content (AvgIpc) is 1.84. The fourth-order valence-corrected chi connectivity index (χ4v) is 1.35. The van der Waals surface area contributed by atoms with Gasteiger partial charge in [0.25, 0.3) is 0 Å². The average molecular weight is 154 g/mol. The number of rotatable bonds is 0. The number of hydrogen-bond donors (Lipinski definition) is 0. The van der Waals surface area contributed by atoms with Crippen molar-refractivity contribution in [2.45, 2.75) is 33.6 Å². The molecule has 0 saturated heterocycles. The van der Waals surface area contributed by atoms with Crippen molar-refractivity contribution < 1.29 is 9.59 Å². The van der Waals surface area contributed by atoms with Gasteiger partial charge in [0.05, 0.1) is 6.42 Å². The third-order valence-electron chi connectivity index (χ3n) is 2.84. The summed E-state index contributed by atoms with van der Waals surface area (Å²) >= 11 is 0. The van der Waals surface area contributed by atoms with Crippen LogP contribution < -0.4 is 0 Å². The van der Waals surface area contributed by atoms with Gasteiger partial charge in [0.1, 0.15) is 11.6 Å². The van der Waals surface area contributed by atoms with Crippen molar-refractivity contribution in [3.63, 3.8) is 0 Å². The molecule has 2 heteroatoms. The first kappa shape index (κ1) is 8.44. The van der Waals surface area contributed by atoms with Crippen molar-refractivity contribution in [3.8, 4) is 0 Å². The van der Waals surface area contributed by atoms with E-state index in [0.717, 1.165) is 0 Å². The topological polar surface area (TPSA) is 34.1 Å². The predicted octanol–water partition coefficient (Wildman–Crippen LogP) is 1.58. The minimum absolute atomic E-state index is 0.0984. The molecule has 1 rings (SSSR count). The summed E-state index contributed by atoms with van der Waals surface area (Å²) in [6.45, 7) is 5.81. The highest BCUT2D eigenvalue weighted by molar-refractivity contribution is 6.04. The predicted molar refractivity (Wildman–Crippen MR) is 42.2 cm³/mol. The van der Waals surface area contributed by atoms with Crippen LogP contribution >= 0.6 is 0 Å². The van der Waals surface area contributed by atoms with E-state index >= 15 is 0 Å². The summed E-state index contributed by atoms with van der Waals surface area (Å²) in [5, 5.41) is 0. The van der Waals surface area contributed by atoms with Gasteiger partial charge in [-0.3, -0.25) is 9.59 Å². The molecule has 0 bridgehead atoms. The molecule has 2 nitrogen and oxygen atoms in total. The summed E-state index contributed by atoms with van der Waals surface area (Å²) in [6.07, 6.45) is 0.718. The minimum atomic E-state index is -0.284. The zero-order valence-electron chi connectivity index (χ0n) is 7.31. The molecule has 0 heterocycles. The van der Waals surface area contributed by atoms with Crippen LogP contribution in [0.2, 0.25) is 0 Å². The van der Waals surface area contributed by atoms with Crippen LogP contribution in [0.1, 0.15) is 33.6 Å². The van der Waals surface area contributed by atoms with Gasteiger partial charge in [-0.2, -0.15) is 0 Å². The van der Waals surface area contributed by atoms with E-state index in [4.69, 9.17) is 0 Å². The quantitative estimate of drug-likeness (QED) is 0.496. The van der Waals surface area contributed by atoms with Crippen LogP contribution in [-0.4, -0.2) is 11.6 Å². The van der Waals surface area contributed by atoms with Crippen LogP contribution in [0.25, 0.3) is 0 Å². The van der Waals surface area contributed by atoms with Gasteiger partial charge < -0.3 is 0 Å². The highest BCUT2D eigenvalue weighted by Gasteiger charge is 2.39. The second-order valence-corrected chi connectivity index (χ2v) is 3.97. The van der Waals surface area contributed by atoms with E-state index in [9.17, 15) is 9.59 Å². The molecule has 0 aromatic rings. The van der Waals surface area contributed by atoms with Crippen LogP contribution in [0.5, 0.6) is 0 Å². The Kier molecular flexibility index (Phi) is 1.87. The van der Waals surface area contributed by atoms with Gasteiger partial charge in [-0.25, -0.2) is 0 Å². The van der Waals surface area contributed by atoms with Gasteiger partial charge in [-0.1, -0.05) is 20.8 Å². The largest absolute Gasteiger partial charge is 0.299 e. The Morgan fingerprint density at radius 3 is 2.36 bits per heavy atom. The normalized spacial score (nSPS) is 30.6. The Morgan fingerprint density at radius 2 is 1.91 bits per heavy atom. The Morgan fingerprint density at radius 1 is 1.36 bits per heavy atom. The third kappa shape index (κ3) is 1.35. The molecule has 1 aliphatic rings. The number of Topliss-reactive ketones (excluding diaryl/α,β-unsaturated/α-hetero) is 2. The van der Waals surface area contributed by atoms with E-state index in [1.54, 1.807) is 0 Å². The Hall–Kier alpha value is -0.660. The zero-order valence-corrected chi connectivity index (χ0v) is 7.31. The van der Waals surface area contributed by atoms with Gasteiger partial charge in [0.15, 0.2) is 0 Å². The molecule has 1 fully saturated rings. The number of hydrogen-bond acceptors (Lipinski definition) is 2. The number of ketones is 2. The first-order valence-corrected chi connectivity index (χ1v) is 3.99. The molecule has 11 heavy (non-hydrogen) atoms. The molecule has 0 unspecified atom stereocenters. The molecule has 1 saturated carbocycles. The Balaban J connectivity index is 2.84. The summed E-state index contributed by atoms with van der Waals surface area (Å²) in [5.74, 6) is 0.402. The second-order valence-electron chi connectivity index (χ2n) is 3.97. The lowest BCUT2D eigenvalue weighted by atomic mass is 9.68. The van der Waals surface area contributed by atoms with E-state index in [2.05, 4.69) is 0 Å². The van der Waals surface area contributed by atoms with Crippen LogP contribution in [0.3, 0.4) is 0 Å². The highest BCUT2D eigenvalue weighted by atomic mass is 16.2. The van der Waals surface area contributed by atoms with Gasteiger partial charge in [0.2, 0.25) is 0 Å². The first-order valence-electron chi connectivity index (χ1n) is 3.99. The fourth-order valence-electron chi connectivity index (χ4n) is 1.35. The van der Waals surface area contributed by atoms with Crippen LogP contribution in [0, 0.1) is 11.3 Å². The van der Waals surface area contributed by atoms with Gasteiger partial charge in [0, 0.05) is 11.8 Å². The molecule has 0 N–H and O–H groups in total. The molecule has 1 atom stereocenters. The molecular weight excluding hydrogens is 140 g/mol. The fraction of sp³-hybridized carbons (Fsp3) is 0.778. The van der Waals surface area contributed by atoms with Gasteiger partial charge >= 0.3 is 0 Å². The van der Waals surface area contributed by atoms with Gasteiger partial charge in [-0.05, 0) is 5.92 Å². The lowest BCUT2D eigenvalue weighted by molar-refractivity contribution is -0.139. The molecule has 1 aliphatic carbocycles. The summed E-state index contributed by atoms with van der Waals surface area (Å²) < 4.78 is 0. The Bertz CT molecular complexity index is 204. The second kappa shape index (κ2) is 2.43. The van der Waals surface area contributed by atoms with E-state index in [0.29, 0.717) is 6.42 Å². The lowest BCUT2D eigenvalue weighted by Gasteiger charge is -2.33. The molecular formula is C9H14O2. The van der Waals surface area contributed by atoms with Crippen molar-refractivity contribution >= 4 is 11.6 Å². The highest BCUT2D eigenvalue weighted by Crippen LogP contribution is 2.35. The zero-order chi connectivity index (χ0) is 8.65. The summed E-state index contributed by atoms with van der Waals surface area (Å²) in [7, 11) is 0. The molecule has 0 radical (unpaired) electrons. The first-order chi connectivity index (χ1) is 4.94.